The molecule has 0 spiro atoms. The van der Waals surface area contributed by atoms with Crippen molar-refractivity contribution in [3.63, 3.8) is 0 Å². The highest BCUT2D eigenvalue weighted by Crippen LogP contribution is 2.13. The summed E-state index contributed by atoms with van der Waals surface area (Å²) in [6.07, 6.45) is 5.80. The van der Waals surface area contributed by atoms with E-state index in [4.69, 9.17) is 16.6 Å². The number of allylic oxidation sites excluding steroid dienone is 2. The van der Waals surface area contributed by atoms with Gasteiger partial charge in [-0.05, 0) is 12.0 Å². The Hall–Kier alpha value is -1.13. The minimum absolute atomic E-state index is 0.101. The molecule has 0 aromatic carbocycles. The molecule has 12 heavy (non-hydrogen) atoms. The van der Waals surface area contributed by atoms with Crippen molar-refractivity contribution in [2.24, 2.45) is 11.5 Å². The van der Waals surface area contributed by atoms with Crippen LogP contribution < -0.4 is 11.5 Å². The van der Waals surface area contributed by atoms with Crippen molar-refractivity contribution in [3.8, 4) is 0 Å². The van der Waals surface area contributed by atoms with Crippen molar-refractivity contribution in [3.05, 3.63) is 23.8 Å². The lowest BCUT2D eigenvalue weighted by molar-refractivity contribution is -0.137. The fraction of sp³-hybridized carbons (Fsp3) is 0.375. The molecule has 0 aliphatic heterocycles. The molecule has 66 valence electrons. The van der Waals surface area contributed by atoms with Crippen molar-refractivity contribution in [1.29, 1.82) is 0 Å². The van der Waals surface area contributed by atoms with E-state index >= 15 is 0 Å². The van der Waals surface area contributed by atoms with Crippen LogP contribution in [-0.4, -0.2) is 23.2 Å². The molecular weight excluding hydrogens is 156 g/mol. The highest BCUT2D eigenvalue weighted by molar-refractivity contribution is 5.77. The van der Waals surface area contributed by atoms with E-state index in [2.05, 4.69) is 0 Å². The predicted octanol–water partition coefficient (Wildman–Crippen LogP) is -0.388. The molecular formula is C8H12N2O2. The molecule has 0 fully saturated rings. The zero-order valence-electron chi connectivity index (χ0n) is 6.60. The second-order valence-electron chi connectivity index (χ2n) is 2.81. The van der Waals surface area contributed by atoms with Crippen LogP contribution in [0.2, 0.25) is 0 Å². The van der Waals surface area contributed by atoms with Crippen molar-refractivity contribution in [1.82, 2.24) is 0 Å². The summed E-state index contributed by atoms with van der Waals surface area (Å²) >= 11 is 0. The van der Waals surface area contributed by atoms with Crippen LogP contribution in [0, 0.1) is 0 Å². The Balaban J connectivity index is 2.69. The number of carboxylic acids is 1. The third-order valence-electron chi connectivity index (χ3n) is 1.81. The van der Waals surface area contributed by atoms with Crippen LogP contribution in [0.3, 0.4) is 0 Å². The Kier molecular flexibility index (Phi) is 2.62. The second-order valence-corrected chi connectivity index (χ2v) is 2.81. The molecule has 4 nitrogen and oxygen atoms in total. The Labute approximate surface area is 70.5 Å². The van der Waals surface area contributed by atoms with Crippen LogP contribution in [-0.2, 0) is 4.79 Å². The van der Waals surface area contributed by atoms with Gasteiger partial charge < -0.3 is 16.6 Å². The largest absolute Gasteiger partial charge is 0.480 e. The third-order valence-corrected chi connectivity index (χ3v) is 1.81. The minimum Gasteiger partial charge on any atom is -0.480 e. The van der Waals surface area contributed by atoms with Gasteiger partial charge in [0.1, 0.15) is 6.04 Å². The fourth-order valence-corrected chi connectivity index (χ4v) is 1.12. The van der Waals surface area contributed by atoms with Crippen molar-refractivity contribution in [2.75, 3.05) is 0 Å². The minimum atomic E-state index is -1.01. The molecule has 1 aliphatic carbocycles. The lowest BCUT2D eigenvalue weighted by Gasteiger charge is -2.17. The first kappa shape index (κ1) is 8.96. The summed E-state index contributed by atoms with van der Waals surface area (Å²) in [5.41, 5.74) is 11.7. The Bertz CT molecular complexity index is 245. The molecule has 4 heteroatoms. The molecule has 1 rings (SSSR count). The first-order valence-corrected chi connectivity index (χ1v) is 3.72. The lowest BCUT2D eigenvalue weighted by Crippen LogP contribution is -2.35. The Morgan fingerprint density at radius 2 is 2.42 bits per heavy atom. The van der Waals surface area contributed by atoms with Crippen molar-refractivity contribution in [2.45, 2.75) is 18.5 Å². The van der Waals surface area contributed by atoms with Crippen LogP contribution in [0.25, 0.3) is 0 Å². The maximum atomic E-state index is 10.5. The number of carboxylic acid groups (broad SMARTS) is 1. The fourth-order valence-electron chi connectivity index (χ4n) is 1.12. The maximum Gasteiger partial charge on any atom is 0.324 e. The Morgan fingerprint density at radius 1 is 1.75 bits per heavy atom. The molecule has 0 saturated carbocycles. The van der Waals surface area contributed by atoms with Crippen LogP contribution in [0.1, 0.15) is 6.42 Å². The third kappa shape index (κ3) is 1.93. The number of carbonyl (C=O) groups is 1. The highest BCUT2D eigenvalue weighted by Gasteiger charge is 2.19. The summed E-state index contributed by atoms with van der Waals surface area (Å²) in [4.78, 5) is 10.5. The van der Waals surface area contributed by atoms with Gasteiger partial charge in [0.2, 0.25) is 0 Å². The second kappa shape index (κ2) is 3.51. The van der Waals surface area contributed by atoms with Gasteiger partial charge in [0.05, 0.1) is 0 Å². The average molecular weight is 168 g/mol. The van der Waals surface area contributed by atoms with E-state index in [1.54, 1.807) is 12.2 Å². The van der Waals surface area contributed by atoms with Crippen molar-refractivity contribution >= 4 is 5.97 Å². The summed E-state index contributed by atoms with van der Waals surface area (Å²) in [5, 5.41) is 8.59. The van der Waals surface area contributed by atoms with Gasteiger partial charge >= 0.3 is 5.97 Å². The smallest absolute Gasteiger partial charge is 0.324 e. The molecule has 2 atom stereocenters. The van der Waals surface area contributed by atoms with E-state index in [9.17, 15) is 4.79 Å². The Morgan fingerprint density at radius 3 is 2.92 bits per heavy atom. The van der Waals surface area contributed by atoms with Gasteiger partial charge in [-0.2, -0.15) is 0 Å². The topological polar surface area (TPSA) is 89.3 Å². The summed E-state index contributed by atoms with van der Waals surface area (Å²) < 4.78 is 0. The van der Waals surface area contributed by atoms with E-state index < -0.39 is 12.0 Å². The number of rotatable bonds is 2. The number of hydrogen-bond acceptors (Lipinski definition) is 3. The molecule has 5 N–H and O–H groups in total. The van der Waals surface area contributed by atoms with Gasteiger partial charge in [-0.15, -0.1) is 0 Å². The summed E-state index contributed by atoms with van der Waals surface area (Å²) in [7, 11) is 0. The van der Waals surface area contributed by atoms with Crippen LogP contribution in [0.4, 0.5) is 0 Å². The first-order valence-electron chi connectivity index (χ1n) is 3.72. The summed E-state index contributed by atoms with van der Waals surface area (Å²) in [5.74, 6) is -1.01. The normalized spacial score (nSPS) is 24.8. The van der Waals surface area contributed by atoms with E-state index in [0.29, 0.717) is 12.0 Å². The zero-order chi connectivity index (χ0) is 9.14. The number of aliphatic carboxylic acids is 1. The molecule has 1 aliphatic rings. The van der Waals surface area contributed by atoms with Gasteiger partial charge in [-0.3, -0.25) is 4.79 Å². The van der Waals surface area contributed by atoms with Gasteiger partial charge in [0.25, 0.3) is 0 Å². The van der Waals surface area contributed by atoms with Gasteiger partial charge in [-0.25, -0.2) is 0 Å². The quantitative estimate of drug-likeness (QED) is 0.524. The number of hydrogen-bond donors (Lipinski definition) is 3. The van der Waals surface area contributed by atoms with E-state index in [-0.39, 0.29) is 6.04 Å². The summed E-state index contributed by atoms with van der Waals surface area (Å²) in [6, 6.07) is -1.02. The van der Waals surface area contributed by atoms with Gasteiger partial charge in [-0.1, -0.05) is 18.2 Å². The lowest BCUT2D eigenvalue weighted by atomic mass is 9.96. The van der Waals surface area contributed by atoms with E-state index in [0.717, 1.165) is 0 Å². The molecule has 2 unspecified atom stereocenters. The molecule has 0 aromatic rings. The SMILES string of the molecule is NC1C=CC=C(C(N)C(=O)O)C1. The van der Waals surface area contributed by atoms with Crippen LogP contribution in [0.15, 0.2) is 23.8 Å². The van der Waals surface area contributed by atoms with E-state index in [1.165, 1.54) is 0 Å². The molecule has 0 heterocycles. The van der Waals surface area contributed by atoms with Gasteiger partial charge in [0.15, 0.2) is 0 Å². The molecule has 0 bridgehead atoms. The first-order chi connectivity index (χ1) is 5.61. The predicted molar refractivity (Wildman–Crippen MR) is 45.4 cm³/mol. The summed E-state index contributed by atoms with van der Waals surface area (Å²) in [6.45, 7) is 0. The zero-order valence-corrected chi connectivity index (χ0v) is 6.60. The standard InChI is InChI=1S/C8H12N2O2/c9-6-3-1-2-5(4-6)7(10)8(11)12/h1-3,6-7H,4,9-10H2,(H,11,12). The van der Waals surface area contributed by atoms with Gasteiger partial charge in [0, 0.05) is 6.04 Å². The molecule has 0 radical (unpaired) electrons. The molecule has 0 aromatic heterocycles. The van der Waals surface area contributed by atoms with Crippen LogP contribution >= 0.6 is 0 Å². The van der Waals surface area contributed by atoms with E-state index in [1.807, 2.05) is 6.08 Å². The monoisotopic (exact) mass is 168 g/mol. The molecule has 0 amide bonds. The van der Waals surface area contributed by atoms with Crippen LogP contribution in [0.5, 0.6) is 0 Å². The molecule has 0 saturated heterocycles. The maximum absolute atomic E-state index is 10.5. The number of nitrogens with two attached hydrogens (primary N) is 2. The average Bonchev–Trinajstić information content (AvgIpc) is 2.03. The van der Waals surface area contributed by atoms with Crippen molar-refractivity contribution < 1.29 is 9.90 Å². The highest BCUT2D eigenvalue weighted by atomic mass is 16.4.